The summed E-state index contributed by atoms with van der Waals surface area (Å²) in [7, 11) is 1.58. The summed E-state index contributed by atoms with van der Waals surface area (Å²) in [5, 5.41) is 10.1. The van der Waals surface area contributed by atoms with E-state index < -0.39 is 5.91 Å². The van der Waals surface area contributed by atoms with Crippen LogP contribution in [0.2, 0.25) is 0 Å². The highest BCUT2D eigenvalue weighted by molar-refractivity contribution is 6.12. The molecule has 0 radical (unpaired) electrons. The lowest BCUT2D eigenvalue weighted by molar-refractivity contribution is 0.100. The first-order valence-corrected chi connectivity index (χ1v) is 7.97. The summed E-state index contributed by atoms with van der Waals surface area (Å²) >= 11 is 0. The highest BCUT2D eigenvalue weighted by Gasteiger charge is 2.25. The number of nitrogen functional groups attached to an aromatic ring is 1. The van der Waals surface area contributed by atoms with Crippen LogP contribution in [0.4, 0.5) is 5.82 Å². The molecule has 2 heterocycles. The number of methoxy groups -OCH3 is 1. The Labute approximate surface area is 150 Å². The Morgan fingerprint density at radius 3 is 2.58 bits per heavy atom. The molecule has 0 fully saturated rings. The zero-order valence-electron chi connectivity index (χ0n) is 15.0. The summed E-state index contributed by atoms with van der Waals surface area (Å²) in [6.07, 6.45) is 0. The van der Waals surface area contributed by atoms with Gasteiger partial charge >= 0.3 is 0 Å². The first kappa shape index (κ1) is 17.3. The van der Waals surface area contributed by atoms with Crippen LogP contribution in [0.25, 0.3) is 16.6 Å². The van der Waals surface area contributed by atoms with Crippen LogP contribution in [0, 0.1) is 32.1 Å². The van der Waals surface area contributed by atoms with Crippen molar-refractivity contribution in [2.24, 2.45) is 5.73 Å². The van der Waals surface area contributed by atoms with Crippen molar-refractivity contribution < 1.29 is 9.53 Å². The summed E-state index contributed by atoms with van der Waals surface area (Å²) in [6, 6.07) is 7.57. The van der Waals surface area contributed by atoms with Gasteiger partial charge in [0.05, 0.1) is 23.9 Å². The van der Waals surface area contributed by atoms with Crippen LogP contribution in [-0.4, -0.2) is 22.6 Å². The highest BCUT2D eigenvalue weighted by Crippen LogP contribution is 2.37. The zero-order valence-corrected chi connectivity index (χ0v) is 15.0. The third kappa shape index (κ3) is 2.35. The van der Waals surface area contributed by atoms with Crippen molar-refractivity contribution in [1.82, 2.24) is 9.55 Å². The number of aromatic nitrogens is 2. The summed E-state index contributed by atoms with van der Waals surface area (Å²) in [6.45, 7) is 5.56. The fourth-order valence-electron chi connectivity index (χ4n) is 3.40. The number of pyridine rings is 1. The van der Waals surface area contributed by atoms with E-state index in [1.165, 1.54) is 0 Å². The third-order valence-electron chi connectivity index (χ3n) is 4.49. The van der Waals surface area contributed by atoms with E-state index >= 15 is 0 Å². The lowest BCUT2D eigenvalue weighted by Crippen LogP contribution is -2.14. The normalized spacial score (nSPS) is 10.7. The minimum absolute atomic E-state index is 0.177. The third-order valence-corrected chi connectivity index (χ3v) is 4.49. The Morgan fingerprint density at radius 1 is 1.31 bits per heavy atom. The number of rotatable bonds is 3. The molecule has 132 valence electrons. The van der Waals surface area contributed by atoms with Gasteiger partial charge in [0.15, 0.2) is 5.69 Å². The van der Waals surface area contributed by atoms with E-state index in [2.05, 4.69) is 11.1 Å². The topological polar surface area (TPSA) is 120 Å². The quantitative estimate of drug-likeness (QED) is 0.753. The van der Waals surface area contributed by atoms with Crippen LogP contribution in [0.1, 0.15) is 32.9 Å². The maximum Gasteiger partial charge on any atom is 0.253 e. The number of amides is 1. The molecule has 0 saturated heterocycles. The average Bonchev–Trinajstić information content (AvgIpc) is 2.86. The minimum Gasteiger partial charge on any atom is -0.496 e. The molecule has 1 amide bonds. The molecular weight excluding hydrogens is 330 g/mol. The first-order valence-electron chi connectivity index (χ1n) is 7.97. The largest absolute Gasteiger partial charge is 0.496 e. The Kier molecular flexibility index (Phi) is 4.04. The van der Waals surface area contributed by atoms with Crippen molar-refractivity contribution in [2.45, 2.75) is 20.8 Å². The van der Waals surface area contributed by atoms with Gasteiger partial charge in [-0.2, -0.15) is 5.26 Å². The number of primary amides is 1. The van der Waals surface area contributed by atoms with Crippen molar-refractivity contribution in [3.8, 4) is 17.5 Å². The predicted octanol–water partition coefficient (Wildman–Crippen LogP) is 2.51. The highest BCUT2D eigenvalue weighted by atomic mass is 16.5. The standard InChI is InChI=1S/C19H19N5O2/c1-9-5-6-14(26-4)11(3)16(9)24-17-12(15(18(24)21)19(22)25)7-10(2)23-13(17)8-20/h5-7H,21H2,1-4H3,(H2,22,25). The Bertz CT molecular complexity index is 1110. The molecule has 0 saturated carbocycles. The Balaban J connectivity index is 2.60. The molecule has 0 aliphatic rings. The van der Waals surface area contributed by atoms with E-state index in [-0.39, 0.29) is 17.1 Å². The van der Waals surface area contributed by atoms with Crippen molar-refractivity contribution in [2.75, 3.05) is 12.8 Å². The Hall–Kier alpha value is -3.53. The number of carbonyl (C=O) groups is 1. The van der Waals surface area contributed by atoms with Crippen LogP contribution in [0.15, 0.2) is 18.2 Å². The van der Waals surface area contributed by atoms with Crippen LogP contribution >= 0.6 is 0 Å². The number of nitrogens with zero attached hydrogens (tertiary/aromatic N) is 3. The van der Waals surface area contributed by atoms with Crippen LogP contribution in [0.3, 0.4) is 0 Å². The number of hydrogen-bond donors (Lipinski definition) is 2. The molecule has 4 N–H and O–H groups in total. The molecule has 3 aromatic rings. The van der Waals surface area contributed by atoms with E-state index in [1.807, 2.05) is 26.0 Å². The van der Waals surface area contributed by atoms with Gasteiger partial charge in [-0.1, -0.05) is 6.07 Å². The minimum atomic E-state index is -0.654. The molecule has 0 spiro atoms. The van der Waals surface area contributed by atoms with Gasteiger partial charge < -0.3 is 16.2 Å². The maximum atomic E-state index is 12.1. The second-order valence-electron chi connectivity index (χ2n) is 6.14. The van der Waals surface area contributed by atoms with E-state index in [4.69, 9.17) is 16.2 Å². The lowest BCUT2D eigenvalue weighted by atomic mass is 10.1. The fourth-order valence-corrected chi connectivity index (χ4v) is 3.40. The predicted molar refractivity (Wildman–Crippen MR) is 99.5 cm³/mol. The second kappa shape index (κ2) is 6.08. The van der Waals surface area contributed by atoms with Crippen molar-refractivity contribution in [3.63, 3.8) is 0 Å². The van der Waals surface area contributed by atoms with E-state index in [0.29, 0.717) is 22.3 Å². The molecule has 26 heavy (non-hydrogen) atoms. The van der Waals surface area contributed by atoms with Gasteiger partial charge in [-0.3, -0.25) is 9.36 Å². The number of fused-ring (bicyclic) bond motifs is 1. The molecule has 7 heteroatoms. The van der Waals surface area contributed by atoms with Gasteiger partial charge in [-0.05, 0) is 38.5 Å². The molecule has 0 atom stereocenters. The van der Waals surface area contributed by atoms with Gasteiger partial charge in [-0.25, -0.2) is 4.98 Å². The first-order chi connectivity index (χ1) is 12.3. The van der Waals surface area contributed by atoms with Crippen molar-refractivity contribution in [1.29, 1.82) is 5.26 Å². The second-order valence-corrected chi connectivity index (χ2v) is 6.14. The van der Waals surface area contributed by atoms with Crippen LogP contribution in [-0.2, 0) is 0 Å². The molecule has 0 bridgehead atoms. The number of hydrogen-bond acceptors (Lipinski definition) is 5. The molecule has 2 aromatic heterocycles. The summed E-state index contributed by atoms with van der Waals surface area (Å²) in [5.74, 6) is 0.195. The van der Waals surface area contributed by atoms with Crippen LogP contribution in [0.5, 0.6) is 5.75 Å². The smallest absolute Gasteiger partial charge is 0.253 e. The van der Waals surface area contributed by atoms with E-state index in [9.17, 15) is 10.1 Å². The molecule has 0 aliphatic carbocycles. The zero-order chi connectivity index (χ0) is 19.2. The van der Waals surface area contributed by atoms with Gasteiger partial charge in [0.25, 0.3) is 5.91 Å². The number of ether oxygens (including phenoxy) is 1. The number of anilines is 1. The van der Waals surface area contributed by atoms with E-state index in [1.54, 1.807) is 24.7 Å². The summed E-state index contributed by atoms with van der Waals surface area (Å²) < 4.78 is 7.09. The monoisotopic (exact) mass is 349 g/mol. The van der Waals surface area contributed by atoms with Crippen molar-refractivity contribution in [3.05, 3.63) is 46.3 Å². The average molecular weight is 349 g/mol. The van der Waals surface area contributed by atoms with Gasteiger partial charge in [-0.15, -0.1) is 0 Å². The summed E-state index contributed by atoms with van der Waals surface area (Å²) in [5.41, 5.74) is 15.8. The lowest BCUT2D eigenvalue weighted by Gasteiger charge is -2.17. The number of nitrogens with two attached hydrogens (primary N) is 2. The number of benzene rings is 1. The Morgan fingerprint density at radius 2 is 2.00 bits per heavy atom. The molecule has 3 rings (SSSR count). The SMILES string of the molecule is COc1ccc(C)c(-n2c(N)c(C(N)=O)c3cc(C)nc(C#N)c32)c1C. The molecule has 7 nitrogen and oxygen atoms in total. The molecule has 0 aliphatic heterocycles. The van der Waals surface area contributed by atoms with Crippen LogP contribution < -0.4 is 16.2 Å². The number of carbonyl (C=O) groups excluding carboxylic acids is 1. The molecular formula is C19H19N5O2. The number of aryl methyl sites for hydroxylation is 2. The maximum absolute atomic E-state index is 12.1. The van der Waals surface area contributed by atoms with Crippen molar-refractivity contribution >= 4 is 22.6 Å². The van der Waals surface area contributed by atoms with Gasteiger partial charge in [0, 0.05) is 16.6 Å². The van der Waals surface area contributed by atoms with E-state index in [0.717, 1.165) is 16.8 Å². The van der Waals surface area contributed by atoms with Gasteiger partial charge in [0.1, 0.15) is 17.6 Å². The molecule has 1 aromatic carbocycles. The molecule has 0 unspecified atom stereocenters. The fraction of sp³-hybridized carbons (Fsp3) is 0.211. The number of nitriles is 1. The van der Waals surface area contributed by atoms with Gasteiger partial charge in [0.2, 0.25) is 0 Å². The summed E-state index contributed by atoms with van der Waals surface area (Å²) in [4.78, 5) is 16.4.